The summed E-state index contributed by atoms with van der Waals surface area (Å²) in [5, 5.41) is 11.1. The van der Waals surface area contributed by atoms with Gasteiger partial charge in [0.2, 0.25) is 10.0 Å². The number of hydrogen-bond donors (Lipinski definition) is 4. The molecular formula is C10H15N3O4S. The van der Waals surface area contributed by atoms with Crippen LogP contribution in [0.3, 0.4) is 0 Å². The van der Waals surface area contributed by atoms with E-state index in [0.29, 0.717) is 0 Å². The van der Waals surface area contributed by atoms with E-state index in [1.807, 2.05) is 0 Å². The second-order valence-corrected chi connectivity index (χ2v) is 5.26. The highest BCUT2D eigenvalue weighted by molar-refractivity contribution is 7.89. The van der Waals surface area contributed by atoms with E-state index in [2.05, 4.69) is 10.0 Å². The van der Waals surface area contributed by atoms with Crippen LogP contribution in [0.4, 0.5) is 11.4 Å². The number of nitrogens with two attached hydrogens (primary N) is 1. The van der Waals surface area contributed by atoms with Crippen LogP contribution < -0.4 is 15.8 Å². The van der Waals surface area contributed by atoms with Gasteiger partial charge >= 0.3 is 5.97 Å². The Kier molecular flexibility index (Phi) is 4.51. The first-order valence-electron chi connectivity index (χ1n) is 5.21. The van der Waals surface area contributed by atoms with Crippen molar-refractivity contribution in [2.24, 2.45) is 0 Å². The van der Waals surface area contributed by atoms with Gasteiger partial charge in [0, 0.05) is 6.54 Å². The van der Waals surface area contributed by atoms with Crippen molar-refractivity contribution in [3.05, 3.63) is 18.2 Å². The van der Waals surface area contributed by atoms with Crippen LogP contribution in [0, 0.1) is 0 Å². The fourth-order valence-electron chi connectivity index (χ4n) is 1.30. The summed E-state index contributed by atoms with van der Waals surface area (Å²) in [6.45, 7) is 1.60. The number of carboxylic acid groups (broad SMARTS) is 1. The molecule has 0 aliphatic carbocycles. The van der Waals surface area contributed by atoms with Gasteiger partial charge in [-0.2, -0.15) is 0 Å². The van der Waals surface area contributed by atoms with Crippen LogP contribution in [-0.4, -0.2) is 32.6 Å². The zero-order chi connectivity index (χ0) is 13.8. The molecule has 0 saturated carbocycles. The monoisotopic (exact) mass is 273 g/mol. The first kappa shape index (κ1) is 14.3. The number of aliphatic carboxylic acids is 1. The third-order valence-corrected chi connectivity index (χ3v) is 3.64. The molecule has 0 bridgehead atoms. The number of benzene rings is 1. The number of rotatable bonds is 6. The second kappa shape index (κ2) is 5.69. The number of carboxylic acids is 1. The molecule has 0 atom stereocenters. The number of nitrogen functional groups attached to an aromatic ring is 1. The van der Waals surface area contributed by atoms with Gasteiger partial charge in [-0.05, 0) is 18.2 Å². The maximum absolute atomic E-state index is 11.7. The highest BCUT2D eigenvalue weighted by Gasteiger charge is 2.14. The molecule has 1 rings (SSSR count). The van der Waals surface area contributed by atoms with Gasteiger partial charge in [0.25, 0.3) is 0 Å². The minimum Gasteiger partial charge on any atom is -0.480 e. The van der Waals surface area contributed by atoms with Crippen molar-refractivity contribution >= 4 is 27.4 Å². The number of carbonyl (C=O) groups is 1. The normalized spacial score (nSPS) is 11.2. The number of nitrogens with one attached hydrogen (secondary N) is 2. The zero-order valence-electron chi connectivity index (χ0n) is 9.80. The summed E-state index contributed by atoms with van der Waals surface area (Å²) in [6.07, 6.45) is 0. The maximum atomic E-state index is 11.7. The maximum Gasteiger partial charge on any atom is 0.322 e. The molecule has 5 N–H and O–H groups in total. The van der Waals surface area contributed by atoms with E-state index in [9.17, 15) is 13.2 Å². The molecular weight excluding hydrogens is 258 g/mol. The van der Waals surface area contributed by atoms with Crippen LogP contribution in [0.25, 0.3) is 0 Å². The van der Waals surface area contributed by atoms with Gasteiger partial charge in [-0.15, -0.1) is 0 Å². The molecule has 1 aromatic carbocycles. The van der Waals surface area contributed by atoms with E-state index in [-0.39, 0.29) is 29.4 Å². The fourth-order valence-corrected chi connectivity index (χ4v) is 2.37. The van der Waals surface area contributed by atoms with Gasteiger partial charge in [-0.3, -0.25) is 4.79 Å². The lowest BCUT2D eigenvalue weighted by molar-refractivity contribution is -0.134. The molecule has 7 nitrogen and oxygen atoms in total. The number of hydrogen-bond acceptors (Lipinski definition) is 5. The smallest absolute Gasteiger partial charge is 0.322 e. The molecule has 0 amide bonds. The van der Waals surface area contributed by atoms with Crippen LogP contribution in [0.1, 0.15) is 6.92 Å². The quantitative estimate of drug-likeness (QED) is 0.544. The molecule has 0 aromatic heterocycles. The largest absolute Gasteiger partial charge is 0.480 e. The van der Waals surface area contributed by atoms with Crippen LogP contribution in [0.5, 0.6) is 0 Å². The van der Waals surface area contributed by atoms with E-state index in [0.717, 1.165) is 0 Å². The van der Waals surface area contributed by atoms with E-state index in [4.69, 9.17) is 10.8 Å². The van der Waals surface area contributed by atoms with Gasteiger partial charge in [0.05, 0.1) is 16.3 Å². The third kappa shape index (κ3) is 3.60. The average molecular weight is 273 g/mol. The van der Waals surface area contributed by atoms with Gasteiger partial charge < -0.3 is 16.2 Å². The van der Waals surface area contributed by atoms with Gasteiger partial charge in [-0.25, -0.2) is 13.1 Å². The lowest BCUT2D eigenvalue weighted by Crippen LogP contribution is -2.23. The zero-order valence-corrected chi connectivity index (χ0v) is 10.6. The molecule has 1 aromatic rings. The van der Waals surface area contributed by atoms with E-state index < -0.39 is 16.0 Å². The Hall–Kier alpha value is -1.80. The van der Waals surface area contributed by atoms with E-state index in [1.165, 1.54) is 18.2 Å². The summed E-state index contributed by atoms with van der Waals surface area (Å²) < 4.78 is 25.8. The minimum absolute atomic E-state index is 0.0337. The number of sulfonamides is 1. The molecule has 8 heteroatoms. The Bertz CT molecular complexity index is 542. The molecule has 0 spiro atoms. The predicted molar refractivity (Wildman–Crippen MR) is 67.8 cm³/mol. The van der Waals surface area contributed by atoms with E-state index in [1.54, 1.807) is 6.92 Å². The lowest BCUT2D eigenvalue weighted by atomic mass is 10.2. The fraction of sp³-hybridized carbons (Fsp3) is 0.300. The van der Waals surface area contributed by atoms with Crippen molar-refractivity contribution in [1.82, 2.24) is 4.72 Å². The Morgan fingerprint density at radius 3 is 2.67 bits per heavy atom. The summed E-state index contributed by atoms with van der Waals surface area (Å²) in [7, 11) is -3.58. The average Bonchev–Trinajstić information content (AvgIpc) is 2.27. The van der Waals surface area contributed by atoms with Crippen molar-refractivity contribution in [3.63, 3.8) is 0 Å². The number of anilines is 2. The van der Waals surface area contributed by atoms with Crippen LogP contribution in [-0.2, 0) is 14.8 Å². The van der Waals surface area contributed by atoms with Crippen molar-refractivity contribution in [1.29, 1.82) is 0 Å². The van der Waals surface area contributed by atoms with E-state index >= 15 is 0 Å². The SMILES string of the molecule is CCNS(=O)(=O)c1ccc(N)c(NCC(=O)O)c1. The van der Waals surface area contributed by atoms with Crippen molar-refractivity contribution in [3.8, 4) is 0 Å². The first-order chi connectivity index (χ1) is 8.36. The predicted octanol–water partition coefficient (Wildman–Crippen LogP) is 0.0635. The molecule has 0 radical (unpaired) electrons. The molecule has 18 heavy (non-hydrogen) atoms. The minimum atomic E-state index is -3.58. The summed E-state index contributed by atoms with van der Waals surface area (Å²) in [5.41, 5.74) is 6.18. The Morgan fingerprint density at radius 2 is 2.11 bits per heavy atom. The summed E-state index contributed by atoms with van der Waals surface area (Å²) in [6, 6.07) is 4.07. The molecule has 0 aliphatic rings. The second-order valence-electron chi connectivity index (χ2n) is 3.50. The van der Waals surface area contributed by atoms with Crippen LogP contribution >= 0.6 is 0 Å². The summed E-state index contributed by atoms with van der Waals surface area (Å²) in [4.78, 5) is 10.5. The van der Waals surface area contributed by atoms with Gasteiger partial charge in [-0.1, -0.05) is 6.92 Å². The molecule has 0 aliphatic heterocycles. The lowest BCUT2D eigenvalue weighted by Gasteiger charge is -2.10. The third-order valence-electron chi connectivity index (χ3n) is 2.10. The van der Waals surface area contributed by atoms with Gasteiger partial charge in [0.1, 0.15) is 6.54 Å². The molecule has 0 heterocycles. The topological polar surface area (TPSA) is 122 Å². The van der Waals surface area contributed by atoms with Crippen LogP contribution in [0.15, 0.2) is 23.1 Å². The van der Waals surface area contributed by atoms with Gasteiger partial charge in [0.15, 0.2) is 0 Å². The molecule has 0 saturated heterocycles. The van der Waals surface area contributed by atoms with Crippen molar-refractivity contribution < 1.29 is 18.3 Å². The molecule has 0 fully saturated rings. The molecule has 0 unspecified atom stereocenters. The van der Waals surface area contributed by atoms with Crippen LogP contribution in [0.2, 0.25) is 0 Å². The highest BCUT2D eigenvalue weighted by Crippen LogP contribution is 2.22. The van der Waals surface area contributed by atoms with Crippen molar-refractivity contribution in [2.75, 3.05) is 24.1 Å². The van der Waals surface area contributed by atoms with Crippen molar-refractivity contribution in [2.45, 2.75) is 11.8 Å². The Balaban J connectivity index is 3.04. The summed E-state index contributed by atoms with van der Waals surface area (Å²) >= 11 is 0. The standard InChI is InChI=1S/C10H15N3O4S/c1-2-13-18(16,17)7-3-4-8(11)9(5-7)12-6-10(14)15/h3-5,12-13H,2,6,11H2,1H3,(H,14,15). The first-order valence-corrected chi connectivity index (χ1v) is 6.70. The Morgan fingerprint density at radius 1 is 1.44 bits per heavy atom. The summed E-state index contributed by atoms with van der Waals surface area (Å²) in [5.74, 6) is -1.06. The molecule has 100 valence electrons. The highest BCUT2D eigenvalue weighted by atomic mass is 32.2. The Labute approximate surface area is 105 Å².